The van der Waals surface area contributed by atoms with E-state index in [1.807, 2.05) is 0 Å². The fourth-order valence-electron chi connectivity index (χ4n) is 4.50. The van der Waals surface area contributed by atoms with Gasteiger partial charge < -0.3 is 24.4 Å². The van der Waals surface area contributed by atoms with E-state index in [0.29, 0.717) is 29.8 Å². The molecular weight excluding hydrogens is 608 g/mol. The first-order chi connectivity index (χ1) is 21.6. The third-order valence-corrected chi connectivity index (χ3v) is 7.78. The van der Waals surface area contributed by atoms with Gasteiger partial charge in [0.1, 0.15) is 25.6 Å². The maximum atomic E-state index is 13.0. The van der Waals surface area contributed by atoms with Gasteiger partial charge in [0.05, 0.1) is 15.9 Å². The zero-order chi connectivity index (χ0) is 32.3. The summed E-state index contributed by atoms with van der Waals surface area (Å²) in [7, 11) is 0. The lowest BCUT2D eigenvalue weighted by Gasteiger charge is -2.24. The lowest BCUT2D eigenvalue weighted by atomic mass is 10.2. The Morgan fingerprint density at radius 3 is 1.91 bits per heavy atom. The lowest BCUT2D eigenvalue weighted by molar-refractivity contribution is -0.385. The van der Waals surface area contributed by atoms with Crippen molar-refractivity contribution in [1.82, 2.24) is 10.2 Å². The number of thioether (sulfide) groups is 1. The predicted molar refractivity (Wildman–Crippen MR) is 163 cm³/mol. The molecule has 0 radical (unpaired) electrons. The van der Waals surface area contributed by atoms with Gasteiger partial charge in [-0.3, -0.25) is 25.0 Å². The highest BCUT2D eigenvalue weighted by atomic mass is 32.2. The molecule has 3 aromatic rings. The van der Waals surface area contributed by atoms with Gasteiger partial charge in [-0.25, -0.2) is 9.59 Å². The van der Waals surface area contributed by atoms with Crippen molar-refractivity contribution in [2.45, 2.75) is 44.4 Å². The SMILES string of the molecule is CC(=O)S[C@H]1C[C@@H](COc2ccc(CNC(=O)OCc3ccc([N+](=O)[O-])cc3)cc2)N(C(=O)OCc2ccc([N+](=O)[O-])cc2)C1. The lowest BCUT2D eigenvalue weighted by Crippen LogP contribution is -2.39. The first-order valence-electron chi connectivity index (χ1n) is 13.8. The van der Waals surface area contributed by atoms with E-state index in [-0.39, 0.29) is 54.1 Å². The second-order valence-electron chi connectivity index (χ2n) is 10.1. The Morgan fingerprint density at radius 1 is 0.844 bits per heavy atom. The van der Waals surface area contributed by atoms with E-state index >= 15 is 0 Å². The fraction of sp³-hybridized carbons (Fsp3) is 0.300. The number of hydrogen-bond acceptors (Lipinski definition) is 11. The number of nitrogens with one attached hydrogen (secondary N) is 1. The standard InChI is InChI=1S/C30H30N4O10S/c1-20(35)45-28-14-26(32(16-28)30(37)44-18-23-4-10-25(11-5-23)34(40)41)19-42-27-12-6-21(7-13-27)15-31-29(36)43-17-22-2-8-24(9-3-22)33(38)39/h2-13,26,28H,14-19H2,1H3,(H,31,36)/t26-,28-/m0/s1. The van der Waals surface area contributed by atoms with Crippen LogP contribution in [-0.2, 0) is 34.0 Å². The smallest absolute Gasteiger partial charge is 0.410 e. The number of likely N-dealkylation sites (tertiary alicyclic amines) is 1. The zero-order valence-corrected chi connectivity index (χ0v) is 25.0. The van der Waals surface area contributed by atoms with E-state index in [1.54, 1.807) is 24.3 Å². The van der Waals surface area contributed by atoms with Crippen LogP contribution in [0.15, 0.2) is 72.8 Å². The summed E-state index contributed by atoms with van der Waals surface area (Å²) in [6.07, 6.45) is -0.690. The Hall–Kier alpha value is -5.18. The van der Waals surface area contributed by atoms with Crippen LogP contribution in [0.4, 0.5) is 21.0 Å². The third-order valence-electron chi connectivity index (χ3n) is 6.77. The number of carbonyl (C=O) groups is 3. The molecule has 0 aromatic heterocycles. The second kappa shape index (κ2) is 15.5. The summed E-state index contributed by atoms with van der Waals surface area (Å²) < 4.78 is 16.6. The minimum absolute atomic E-state index is 0.0366. The van der Waals surface area contributed by atoms with Crippen LogP contribution in [0.5, 0.6) is 5.75 Å². The number of benzene rings is 3. The maximum Gasteiger partial charge on any atom is 0.410 e. The van der Waals surface area contributed by atoms with Gasteiger partial charge in [-0.15, -0.1) is 0 Å². The molecule has 1 aliphatic heterocycles. The molecule has 0 unspecified atom stereocenters. The van der Waals surface area contributed by atoms with Crippen LogP contribution in [0.2, 0.25) is 0 Å². The van der Waals surface area contributed by atoms with Crippen LogP contribution in [0, 0.1) is 20.2 Å². The maximum absolute atomic E-state index is 13.0. The third kappa shape index (κ3) is 9.92. The van der Waals surface area contributed by atoms with E-state index in [2.05, 4.69) is 5.32 Å². The van der Waals surface area contributed by atoms with Crippen molar-refractivity contribution < 1.29 is 38.4 Å². The summed E-state index contributed by atoms with van der Waals surface area (Å²) in [6.45, 7) is 2.04. The highest BCUT2D eigenvalue weighted by Gasteiger charge is 2.37. The average molecular weight is 639 g/mol. The largest absolute Gasteiger partial charge is 0.491 e. The van der Waals surface area contributed by atoms with Gasteiger partial charge in [0.15, 0.2) is 5.12 Å². The van der Waals surface area contributed by atoms with Gasteiger partial charge in [0.25, 0.3) is 11.4 Å². The number of nitro benzene ring substituents is 2. The minimum Gasteiger partial charge on any atom is -0.491 e. The van der Waals surface area contributed by atoms with Gasteiger partial charge in [-0.05, 0) is 59.5 Å². The average Bonchev–Trinajstić information content (AvgIpc) is 3.43. The second-order valence-corrected chi connectivity index (χ2v) is 11.5. The first kappa shape index (κ1) is 32.7. The van der Waals surface area contributed by atoms with Crippen LogP contribution in [0.3, 0.4) is 0 Å². The van der Waals surface area contributed by atoms with E-state index < -0.39 is 22.0 Å². The Bertz CT molecular complexity index is 1520. The quantitative estimate of drug-likeness (QED) is 0.199. The summed E-state index contributed by atoms with van der Waals surface area (Å²) in [5.41, 5.74) is 1.89. The summed E-state index contributed by atoms with van der Waals surface area (Å²) in [5, 5.41) is 24.1. The molecule has 1 saturated heterocycles. The Kier molecular flexibility index (Phi) is 11.3. The number of hydrogen-bond donors (Lipinski definition) is 1. The normalized spacial score (nSPS) is 15.6. The molecule has 1 aliphatic rings. The molecule has 0 spiro atoms. The van der Waals surface area contributed by atoms with Crippen molar-refractivity contribution in [3.05, 3.63) is 110 Å². The predicted octanol–water partition coefficient (Wildman–Crippen LogP) is 5.37. The molecule has 0 saturated carbocycles. The molecule has 45 heavy (non-hydrogen) atoms. The summed E-state index contributed by atoms with van der Waals surface area (Å²) >= 11 is 1.16. The van der Waals surface area contributed by atoms with E-state index in [9.17, 15) is 34.6 Å². The molecule has 1 fully saturated rings. The van der Waals surface area contributed by atoms with Crippen molar-refractivity contribution in [2.75, 3.05) is 13.2 Å². The monoisotopic (exact) mass is 638 g/mol. The van der Waals surface area contributed by atoms with Crippen LogP contribution in [-0.4, -0.2) is 56.5 Å². The molecule has 0 aliphatic carbocycles. The van der Waals surface area contributed by atoms with Crippen molar-refractivity contribution in [1.29, 1.82) is 0 Å². The fourth-order valence-corrected chi connectivity index (χ4v) is 5.52. The van der Waals surface area contributed by atoms with Crippen LogP contribution >= 0.6 is 11.8 Å². The Labute approximate surface area is 261 Å². The van der Waals surface area contributed by atoms with E-state index in [1.165, 1.54) is 60.4 Å². The summed E-state index contributed by atoms with van der Waals surface area (Å²) in [5.74, 6) is 0.543. The number of carbonyl (C=O) groups excluding carboxylic acids is 3. The van der Waals surface area contributed by atoms with Crippen molar-refractivity contribution in [2.24, 2.45) is 0 Å². The molecule has 2 amide bonds. The highest BCUT2D eigenvalue weighted by Crippen LogP contribution is 2.29. The molecule has 0 bridgehead atoms. The number of ether oxygens (including phenoxy) is 3. The van der Waals surface area contributed by atoms with E-state index in [4.69, 9.17) is 14.2 Å². The van der Waals surface area contributed by atoms with Crippen molar-refractivity contribution >= 4 is 40.4 Å². The Morgan fingerprint density at radius 2 is 1.38 bits per heavy atom. The molecule has 1 heterocycles. The van der Waals surface area contributed by atoms with Crippen LogP contribution in [0.25, 0.3) is 0 Å². The summed E-state index contributed by atoms with van der Waals surface area (Å²) in [6, 6.07) is 18.1. The van der Waals surface area contributed by atoms with Gasteiger partial charge in [-0.1, -0.05) is 23.9 Å². The van der Waals surface area contributed by atoms with Gasteiger partial charge >= 0.3 is 12.2 Å². The molecule has 14 nitrogen and oxygen atoms in total. The van der Waals surface area contributed by atoms with Crippen molar-refractivity contribution in [3.63, 3.8) is 0 Å². The Balaban J connectivity index is 1.24. The zero-order valence-electron chi connectivity index (χ0n) is 24.2. The number of nitro groups is 2. The van der Waals surface area contributed by atoms with Gasteiger partial charge in [0.2, 0.25) is 0 Å². The van der Waals surface area contributed by atoms with Crippen LogP contribution in [0.1, 0.15) is 30.0 Å². The number of non-ortho nitro benzene ring substituents is 2. The highest BCUT2D eigenvalue weighted by molar-refractivity contribution is 8.14. The summed E-state index contributed by atoms with van der Waals surface area (Å²) in [4.78, 5) is 58.9. The molecule has 1 N–H and O–H groups in total. The molecule has 3 aromatic carbocycles. The van der Waals surface area contributed by atoms with Gasteiger partial charge in [0, 0.05) is 49.5 Å². The molecule has 4 rings (SSSR count). The number of alkyl carbamates (subject to hydrolysis) is 1. The number of rotatable bonds is 12. The van der Waals surface area contributed by atoms with E-state index in [0.717, 1.165) is 17.3 Å². The first-order valence-corrected chi connectivity index (χ1v) is 14.6. The van der Waals surface area contributed by atoms with Crippen LogP contribution < -0.4 is 10.1 Å². The molecule has 15 heteroatoms. The minimum atomic E-state index is -0.645. The molecular formula is C30H30N4O10S. The number of nitrogens with zero attached hydrogens (tertiary/aromatic N) is 3. The number of amides is 2. The van der Waals surface area contributed by atoms with Crippen molar-refractivity contribution in [3.8, 4) is 5.75 Å². The van der Waals surface area contributed by atoms with Gasteiger partial charge in [-0.2, -0.15) is 0 Å². The molecule has 2 atom stereocenters. The topological polar surface area (TPSA) is 180 Å². The molecule has 236 valence electrons.